The molecule has 0 aliphatic rings. The van der Waals surface area contributed by atoms with Gasteiger partial charge < -0.3 is 26.4 Å². The molecule has 0 aromatic rings. The fourth-order valence-corrected chi connectivity index (χ4v) is 1.25. The highest BCUT2D eigenvalue weighted by molar-refractivity contribution is 5.97. The van der Waals surface area contributed by atoms with Crippen molar-refractivity contribution in [3.05, 3.63) is 0 Å². The highest BCUT2D eigenvalue weighted by atomic mass is 19.3. The highest BCUT2D eigenvalue weighted by Gasteiger charge is 2.47. The maximum atomic E-state index is 13.3. The lowest BCUT2D eigenvalue weighted by Gasteiger charge is -2.25. The Bertz CT molecular complexity index is 388. The Labute approximate surface area is 112 Å². The number of aliphatic hydroxyl groups excluding tert-OH is 2. The number of nitrogens with two attached hydrogens (primary N) is 1. The van der Waals surface area contributed by atoms with Gasteiger partial charge in [0.25, 0.3) is 0 Å². The second kappa shape index (κ2) is 7.22. The molecule has 0 heterocycles. The number of aliphatic hydroxyl groups is 2. The van der Waals surface area contributed by atoms with Gasteiger partial charge in [0.2, 0.25) is 11.7 Å². The molecule has 3 atom stereocenters. The molecule has 8 nitrogen and oxygen atoms in total. The molecule has 2 unspecified atom stereocenters. The monoisotopic (exact) mass is 298 g/mol. The quantitative estimate of drug-likeness (QED) is 0.343. The number of carboxylic acids is 1. The number of alkyl halides is 2. The van der Waals surface area contributed by atoms with Crippen molar-refractivity contribution in [2.75, 3.05) is 6.61 Å². The molecule has 0 aromatic heterocycles. The summed E-state index contributed by atoms with van der Waals surface area (Å²) >= 11 is 0. The molecule has 0 radical (unpaired) electrons. The van der Waals surface area contributed by atoms with Gasteiger partial charge in [-0.1, -0.05) is 0 Å². The van der Waals surface area contributed by atoms with Gasteiger partial charge in [0.05, 0.1) is 12.7 Å². The molecule has 0 saturated heterocycles. The molecule has 0 spiro atoms. The Morgan fingerprint density at radius 1 is 1.35 bits per heavy atom. The molecule has 0 aromatic carbocycles. The Morgan fingerprint density at radius 2 is 1.85 bits per heavy atom. The molecular weight excluding hydrogens is 282 g/mol. The lowest BCUT2D eigenvalue weighted by atomic mass is 9.99. The van der Waals surface area contributed by atoms with Gasteiger partial charge in [0, 0.05) is 0 Å². The van der Waals surface area contributed by atoms with Crippen molar-refractivity contribution in [1.29, 1.82) is 0 Å². The first-order valence-electron chi connectivity index (χ1n) is 5.51. The van der Waals surface area contributed by atoms with Crippen LogP contribution in [0.2, 0.25) is 0 Å². The maximum Gasteiger partial charge on any atom is 0.317 e. The van der Waals surface area contributed by atoms with Crippen LogP contribution in [0.15, 0.2) is 0 Å². The number of amides is 1. The first kappa shape index (κ1) is 18.4. The third-order valence-corrected chi connectivity index (χ3v) is 2.33. The van der Waals surface area contributed by atoms with E-state index in [9.17, 15) is 28.3 Å². The van der Waals surface area contributed by atoms with E-state index in [4.69, 9.17) is 15.9 Å². The molecule has 0 saturated carbocycles. The van der Waals surface area contributed by atoms with E-state index in [0.717, 1.165) is 6.92 Å². The topological polar surface area (TPSA) is 150 Å². The first-order valence-corrected chi connectivity index (χ1v) is 5.51. The zero-order chi connectivity index (χ0) is 16.1. The van der Waals surface area contributed by atoms with E-state index >= 15 is 0 Å². The van der Waals surface area contributed by atoms with E-state index in [2.05, 4.69) is 0 Å². The summed E-state index contributed by atoms with van der Waals surface area (Å²) in [5.41, 5.74) is 5.12. The first-order chi connectivity index (χ1) is 9.02. The van der Waals surface area contributed by atoms with Crippen molar-refractivity contribution in [3.63, 3.8) is 0 Å². The number of hydrogen-bond acceptors (Lipinski definition) is 6. The normalized spacial score (nSPS) is 16.1. The molecule has 10 heteroatoms. The SMILES string of the molecule is CC(O)C(NC(=O)[C@@H](N)CO)C(=O)C(F)(F)CC(=O)O. The van der Waals surface area contributed by atoms with Crippen LogP contribution in [0.5, 0.6) is 0 Å². The van der Waals surface area contributed by atoms with Crippen LogP contribution in [0.1, 0.15) is 13.3 Å². The highest BCUT2D eigenvalue weighted by Crippen LogP contribution is 2.22. The van der Waals surface area contributed by atoms with Crippen LogP contribution in [0.3, 0.4) is 0 Å². The Morgan fingerprint density at radius 3 is 2.20 bits per heavy atom. The third-order valence-electron chi connectivity index (χ3n) is 2.33. The van der Waals surface area contributed by atoms with Crippen LogP contribution in [0.25, 0.3) is 0 Å². The summed E-state index contributed by atoms with van der Waals surface area (Å²) in [6, 6.07) is -3.49. The second-order valence-electron chi connectivity index (χ2n) is 4.16. The zero-order valence-electron chi connectivity index (χ0n) is 10.5. The number of aliphatic carboxylic acids is 1. The van der Waals surface area contributed by atoms with Crippen LogP contribution in [0.4, 0.5) is 8.78 Å². The Balaban J connectivity index is 5.05. The van der Waals surface area contributed by atoms with Crippen LogP contribution in [-0.4, -0.2) is 63.7 Å². The van der Waals surface area contributed by atoms with E-state index in [1.807, 2.05) is 0 Å². The molecule has 6 N–H and O–H groups in total. The molecule has 0 aliphatic heterocycles. The van der Waals surface area contributed by atoms with E-state index < -0.39 is 54.8 Å². The van der Waals surface area contributed by atoms with Crippen molar-refractivity contribution >= 4 is 17.7 Å². The zero-order valence-corrected chi connectivity index (χ0v) is 10.5. The summed E-state index contributed by atoms with van der Waals surface area (Å²) in [5.74, 6) is -9.25. The number of ketones is 1. The predicted octanol–water partition coefficient (Wildman–Crippen LogP) is -2.15. The molecule has 1 amide bonds. The van der Waals surface area contributed by atoms with Crippen molar-refractivity contribution in [2.24, 2.45) is 5.73 Å². The molecule has 20 heavy (non-hydrogen) atoms. The number of carboxylic acid groups (broad SMARTS) is 1. The number of Topliss-reactive ketones (excluding diaryl/α,β-unsaturated/α-hetero) is 1. The van der Waals surface area contributed by atoms with E-state index in [-0.39, 0.29) is 0 Å². The van der Waals surface area contributed by atoms with Gasteiger partial charge in [-0.3, -0.25) is 14.4 Å². The van der Waals surface area contributed by atoms with Crippen molar-refractivity contribution in [1.82, 2.24) is 5.32 Å². The predicted molar refractivity (Wildman–Crippen MR) is 60.9 cm³/mol. The summed E-state index contributed by atoms with van der Waals surface area (Å²) in [5, 5.41) is 27.9. The number of nitrogens with one attached hydrogen (secondary N) is 1. The molecular formula is C10H16F2N2O6. The van der Waals surface area contributed by atoms with E-state index in [0.29, 0.717) is 0 Å². The van der Waals surface area contributed by atoms with Crippen LogP contribution >= 0.6 is 0 Å². The lowest BCUT2D eigenvalue weighted by Crippen LogP contribution is -2.57. The summed E-state index contributed by atoms with van der Waals surface area (Å²) in [6.45, 7) is 0.169. The van der Waals surface area contributed by atoms with Gasteiger partial charge in [-0.25, -0.2) is 0 Å². The fraction of sp³-hybridized carbons (Fsp3) is 0.700. The molecule has 0 rings (SSSR count). The molecule has 0 fully saturated rings. The number of carbonyl (C=O) groups excluding carboxylic acids is 2. The summed E-state index contributed by atoms with van der Waals surface area (Å²) < 4.78 is 26.7. The number of rotatable bonds is 8. The third kappa shape index (κ3) is 5.15. The van der Waals surface area contributed by atoms with Gasteiger partial charge in [-0.15, -0.1) is 0 Å². The Hall–Kier alpha value is -1.65. The average molecular weight is 298 g/mol. The molecule has 0 bridgehead atoms. The van der Waals surface area contributed by atoms with Crippen molar-refractivity contribution in [3.8, 4) is 0 Å². The van der Waals surface area contributed by atoms with Gasteiger partial charge in [0.15, 0.2) is 0 Å². The number of carbonyl (C=O) groups is 3. The largest absolute Gasteiger partial charge is 0.481 e. The summed E-state index contributed by atoms with van der Waals surface area (Å²) in [7, 11) is 0. The Kier molecular flexibility index (Phi) is 6.62. The standard InChI is InChI=1S/C10H16F2N2O6/c1-4(16)7(14-9(20)5(13)3-15)8(19)10(11,12)2-6(17)18/h4-5,7,15-16H,2-3,13H2,1H3,(H,14,20)(H,17,18)/t4?,5-,7?/m0/s1. The van der Waals surface area contributed by atoms with Crippen molar-refractivity contribution < 1.29 is 38.5 Å². The average Bonchev–Trinajstić information content (AvgIpc) is 2.31. The van der Waals surface area contributed by atoms with Gasteiger partial charge in [0.1, 0.15) is 18.5 Å². The second-order valence-corrected chi connectivity index (χ2v) is 4.16. The van der Waals surface area contributed by atoms with E-state index in [1.165, 1.54) is 0 Å². The minimum atomic E-state index is -4.26. The van der Waals surface area contributed by atoms with Gasteiger partial charge >= 0.3 is 11.9 Å². The smallest absolute Gasteiger partial charge is 0.317 e. The van der Waals surface area contributed by atoms with Crippen LogP contribution < -0.4 is 11.1 Å². The van der Waals surface area contributed by atoms with Crippen LogP contribution in [-0.2, 0) is 14.4 Å². The fourth-order valence-electron chi connectivity index (χ4n) is 1.25. The van der Waals surface area contributed by atoms with Gasteiger partial charge in [-0.2, -0.15) is 8.78 Å². The van der Waals surface area contributed by atoms with Crippen molar-refractivity contribution in [2.45, 2.75) is 37.5 Å². The number of halogens is 2. The lowest BCUT2D eigenvalue weighted by molar-refractivity contribution is -0.159. The minimum Gasteiger partial charge on any atom is -0.481 e. The summed E-state index contributed by atoms with van der Waals surface area (Å²) in [6.07, 6.45) is -3.46. The molecule has 0 aliphatic carbocycles. The van der Waals surface area contributed by atoms with Crippen LogP contribution in [0, 0.1) is 0 Å². The van der Waals surface area contributed by atoms with Gasteiger partial charge in [-0.05, 0) is 6.92 Å². The summed E-state index contributed by atoms with van der Waals surface area (Å²) in [4.78, 5) is 33.1. The maximum absolute atomic E-state index is 13.3. The van der Waals surface area contributed by atoms with E-state index in [1.54, 1.807) is 5.32 Å². The molecule has 116 valence electrons. The minimum absolute atomic E-state index is 0.794. The number of hydrogen-bond donors (Lipinski definition) is 5.